The van der Waals surface area contributed by atoms with Gasteiger partial charge in [-0.05, 0) is 30.3 Å². The fraction of sp³-hybridized carbons (Fsp3) is 0. The lowest BCUT2D eigenvalue weighted by Crippen LogP contribution is -1.85. The molecule has 0 heterocycles. The average molecular weight is 222 g/mol. The number of nitrogens with zero attached hydrogens (tertiary/aromatic N) is 1. The van der Waals surface area contributed by atoms with Gasteiger partial charge < -0.3 is 5.32 Å². The first kappa shape index (κ1) is 11.1. The average Bonchev–Trinajstić information content (AvgIpc) is 2.41. The largest absolute Gasteiger partial charge is 0.362 e. The van der Waals surface area contributed by atoms with Gasteiger partial charge in [-0.15, -0.1) is 0 Å². The van der Waals surface area contributed by atoms with E-state index in [0.29, 0.717) is 0 Å². The van der Waals surface area contributed by atoms with Crippen LogP contribution in [0.25, 0.3) is 0 Å². The molecule has 1 N–H and O–H groups in total. The van der Waals surface area contributed by atoms with Gasteiger partial charge in [0.25, 0.3) is 0 Å². The molecule has 2 rings (SSSR count). The van der Waals surface area contributed by atoms with E-state index >= 15 is 0 Å². The Hall–Kier alpha value is -2.35. The van der Waals surface area contributed by atoms with Crippen LogP contribution in [0.3, 0.4) is 0 Å². The normalized spacial score (nSPS) is 11.1. The van der Waals surface area contributed by atoms with Crippen LogP contribution in [-0.2, 0) is 0 Å². The summed E-state index contributed by atoms with van der Waals surface area (Å²) in [6.07, 6.45) is 5.51. The third-order valence-corrected chi connectivity index (χ3v) is 2.19. The summed E-state index contributed by atoms with van der Waals surface area (Å²) in [5.74, 6) is 0. The van der Waals surface area contributed by atoms with Crippen LogP contribution < -0.4 is 5.32 Å². The summed E-state index contributed by atoms with van der Waals surface area (Å²) in [7, 11) is 0. The molecule has 0 fully saturated rings. The molecule has 2 aromatic rings. The maximum absolute atomic E-state index is 4.29. The molecule has 0 aliphatic heterocycles. The maximum atomic E-state index is 4.29. The van der Waals surface area contributed by atoms with Gasteiger partial charge >= 0.3 is 0 Å². The fourth-order valence-corrected chi connectivity index (χ4v) is 1.36. The number of para-hydroxylation sites is 2. The van der Waals surface area contributed by atoms with E-state index in [1.54, 1.807) is 6.21 Å². The molecule has 0 bridgehead atoms. The summed E-state index contributed by atoms with van der Waals surface area (Å²) < 4.78 is 0. The molecule has 0 spiro atoms. The van der Waals surface area contributed by atoms with E-state index < -0.39 is 0 Å². The zero-order chi connectivity index (χ0) is 11.8. The molecule has 2 heteroatoms. The number of benzene rings is 2. The molecule has 0 saturated heterocycles. The molecule has 0 aromatic heterocycles. The van der Waals surface area contributed by atoms with Gasteiger partial charge in [0.15, 0.2) is 0 Å². The van der Waals surface area contributed by atoms with E-state index in [1.165, 1.54) is 0 Å². The highest BCUT2D eigenvalue weighted by molar-refractivity contribution is 5.74. The Morgan fingerprint density at radius 2 is 1.47 bits per heavy atom. The van der Waals surface area contributed by atoms with Crippen molar-refractivity contribution >= 4 is 17.6 Å². The van der Waals surface area contributed by atoms with E-state index in [1.807, 2.05) is 72.9 Å². The monoisotopic (exact) mass is 222 g/mol. The number of anilines is 1. The molecule has 2 nitrogen and oxygen atoms in total. The zero-order valence-electron chi connectivity index (χ0n) is 9.45. The molecule has 84 valence electrons. The predicted octanol–water partition coefficient (Wildman–Crippen LogP) is 4.01. The Kier molecular flexibility index (Phi) is 4.12. The van der Waals surface area contributed by atoms with E-state index in [0.717, 1.165) is 11.4 Å². The van der Waals surface area contributed by atoms with Crippen LogP contribution in [0.1, 0.15) is 0 Å². The number of aliphatic imine (C=N–C) groups is 1. The van der Waals surface area contributed by atoms with Crippen molar-refractivity contribution in [2.75, 3.05) is 5.32 Å². The molecule has 0 unspecified atom stereocenters. The van der Waals surface area contributed by atoms with Crippen LogP contribution in [0.5, 0.6) is 0 Å². The molecule has 0 aliphatic rings. The highest BCUT2D eigenvalue weighted by atomic mass is 14.8. The molecule has 0 atom stereocenters. The summed E-state index contributed by atoms with van der Waals surface area (Å²) in [6.45, 7) is 0. The second kappa shape index (κ2) is 6.28. The Balaban J connectivity index is 1.85. The minimum atomic E-state index is 0.955. The summed E-state index contributed by atoms with van der Waals surface area (Å²) in [4.78, 5) is 4.29. The lowest BCUT2D eigenvalue weighted by atomic mass is 10.3. The van der Waals surface area contributed by atoms with Crippen LogP contribution in [-0.4, -0.2) is 6.21 Å². The standard InChI is InChI=1S/C15H14N2/c1-3-8-14(9-4-1)16-12-7-13-17-15-10-5-2-6-11-15/h1-13,16H/b12-7-,17-13?. The minimum Gasteiger partial charge on any atom is -0.362 e. The first-order valence-electron chi connectivity index (χ1n) is 5.51. The lowest BCUT2D eigenvalue weighted by molar-refractivity contribution is 1.54. The van der Waals surface area contributed by atoms with Gasteiger partial charge in [-0.25, -0.2) is 0 Å². The van der Waals surface area contributed by atoms with Crippen molar-refractivity contribution in [1.29, 1.82) is 0 Å². The summed E-state index contributed by atoms with van der Waals surface area (Å²) in [5, 5.41) is 3.16. The first-order chi connectivity index (χ1) is 8.45. The lowest BCUT2D eigenvalue weighted by Gasteiger charge is -1.97. The second-order valence-corrected chi connectivity index (χ2v) is 3.48. The molecular formula is C15H14N2. The van der Waals surface area contributed by atoms with Gasteiger partial charge in [0, 0.05) is 18.1 Å². The van der Waals surface area contributed by atoms with E-state index in [4.69, 9.17) is 0 Å². The van der Waals surface area contributed by atoms with Crippen molar-refractivity contribution in [1.82, 2.24) is 0 Å². The SMILES string of the molecule is C(/C=C\Nc1ccccc1)=Nc1ccccc1. The fourth-order valence-electron chi connectivity index (χ4n) is 1.36. The highest BCUT2D eigenvalue weighted by Crippen LogP contribution is 2.08. The predicted molar refractivity (Wildman–Crippen MR) is 73.8 cm³/mol. The van der Waals surface area contributed by atoms with Gasteiger partial charge in [0.1, 0.15) is 0 Å². The minimum absolute atomic E-state index is 0.955. The Morgan fingerprint density at radius 1 is 0.824 bits per heavy atom. The highest BCUT2D eigenvalue weighted by Gasteiger charge is 1.83. The van der Waals surface area contributed by atoms with Crippen LogP contribution in [0.4, 0.5) is 11.4 Å². The third-order valence-electron chi connectivity index (χ3n) is 2.19. The van der Waals surface area contributed by atoms with Gasteiger partial charge in [0.2, 0.25) is 0 Å². The number of allylic oxidation sites excluding steroid dienone is 1. The van der Waals surface area contributed by atoms with Crippen molar-refractivity contribution in [3.8, 4) is 0 Å². The number of hydrogen-bond donors (Lipinski definition) is 1. The summed E-state index contributed by atoms with van der Waals surface area (Å²) in [5.41, 5.74) is 2.02. The summed E-state index contributed by atoms with van der Waals surface area (Å²) in [6, 6.07) is 19.9. The van der Waals surface area contributed by atoms with Gasteiger partial charge in [-0.1, -0.05) is 36.4 Å². The van der Waals surface area contributed by atoms with E-state index in [9.17, 15) is 0 Å². The Labute approximate surface area is 101 Å². The number of hydrogen-bond acceptors (Lipinski definition) is 2. The quantitative estimate of drug-likeness (QED) is 0.776. The summed E-state index contributed by atoms with van der Waals surface area (Å²) >= 11 is 0. The molecular weight excluding hydrogens is 208 g/mol. The van der Waals surface area contributed by atoms with Crippen molar-refractivity contribution in [2.24, 2.45) is 4.99 Å². The van der Waals surface area contributed by atoms with Crippen LogP contribution >= 0.6 is 0 Å². The van der Waals surface area contributed by atoms with Crippen LogP contribution in [0.2, 0.25) is 0 Å². The first-order valence-corrected chi connectivity index (χ1v) is 5.51. The molecule has 0 saturated carbocycles. The molecule has 0 radical (unpaired) electrons. The van der Waals surface area contributed by atoms with Crippen molar-refractivity contribution in [3.05, 3.63) is 72.9 Å². The number of rotatable bonds is 4. The van der Waals surface area contributed by atoms with Gasteiger partial charge in [0.05, 0.1) is 5.69 Å². The number of nitrogens with one attached hydrogen (secondary N) is 1. The third kappa shape index (κ3) is 3.95. The van der Waals surface area contributed by atoms with Crippen LogP contribution in [0, 0.1) is 0 Å². The Morgan fingerprint density at radius 3 is 2.18 bits per heavy atom. The van der Waals surface area contributed by atoms with Crippen molar-refractivity contribution < 1.29 is 0 Å². The van der Waals surface area contributed by atoms with E-state index in [2.05, 4.69) is 10.3 Å². The molecule has 17 heavy (non-hydrogen) atoms. The molecule has 0 amide bonds. The van der Waals surface area contributed by atoms with Gasteiger partial charge in [-0.2, -0.15) is 0 Å². The van der Waals surface area contributed by atoms with Crippen molar-refractivity contribution in [2.45, 2.75) is 0 Å². The molecule has 2 aromatic carbocycles. The smallest absolute Gasteiger partial charge is 0.0629 e. The van der Waals surface area contributed by atoms with Crippen molar-refractivity contribution in [3.63, 3.8) is 0 Å². The topological polar surface area (TPSA) is 24.4 Å². The Bertz CT molecular complexity index is 487. The van der Waals surface area contributed by atoms with E-state index in [-0.39, 0.29) is 0 Å². The maximum Gasteiger partial charge on any atom is 0.0629 e. The zero-order valence-corrected chi connectivity index (χ0v) is 9.45. The second-order valence-electron chi connectivity index (χ2n) is 3.48. The van der Waals surface area contributed by atoms with Crippen LogP contribution in [0.15, 0.2) is 77.9 Å². The van der Waals surface area contributed by atoms with Gasteiger partial charge in [-0.3, -0.25) is 4.99 Å². The molecule has 0 aliphatic carbocycles.